The van der Waals surface area contributed by atoms with Crippen LogP contribution >= 0.6 is 15.9 Å². The van der Waals surface area contributed by atoms with Crippen LogP contribution in [0.5, 0.6) is 0 Å². The Morgan fingerprint density at radius 2 is 2.06 bits per heavy atom. The van der Waals surface area contributed by atoms with E-state index in [-0.39, 0.29) is 11.9 Å². The Balaban J connectivity index is 1.91. The number of hydrogen-bond donors (Lipinski definition) is 1. The van der Waals surface area contributed by atoms with Gasteiger partial charge in [-0.2, -0.15) is 0 Å². The van der Waals surface area contributed by atoms with Gasteiger partial charge in [-0.25, -0.2) is 0 Å². The molecule has 0 saturated heterocycles. The van der Waals surface area contributed by atoms with E-state index in [1.807, 2.05) is 43.3 Å². The van der Waals surface area contributed by atoms with Gasteiger partial charge in [-0.15, -0.1) is 0 Å². The van der Waals surface area contributed by atoms with Gasteiger partial charge in [0.25, 0.3) is 0 Å². The summed E-state index contributed by atoms with van der Waals surface area (Å²) in [6.07, 6.45) is 1.98. The second-order valence-electron chi connectivity index (χ2n) is 4.11. The summed E-state index contributed by atoms with van der Waals surface area (Å²) < 4.78 is 6.25. The van der Waals surface area contributed by atoms with E-state index in [1.165, 1.54) is 0 Å². The molecule has 1 aromatic carbocycles. The number of hydrogen-bond acceptors (Lipinski definition) is 2. The van der Waals surface area contributed by atoms with Gasteiger partial charge in [-0.1, -0.05) is 28.1 Å². The number of amides is 1. The third-order valence-corrected chi connectivity index (χ3v) is 3.15. The number of carbonyl (C=O) groups excluding carboxylic acids is 1. The maximum atomic E-state index is 11.8. The summed E-state index contributed by atoms with van der Waals surface area (Å²) >= 11 is 3.37. The molecule has 2 aromatic rings. The lowest BCUT2D eigenvalue weighted by Gasteiger charge is -2.11. The standard InChI is InChI=1S/C14H14BrNO2/c1-10(13-3-2-8-18-13)16-14(17)9-11-4-6-12(15)7-5-11/h2-8,10H,9H2,1H3,(H,16,17). The van der Waals surface area contributed by atoms with Gasteiger partial charge in [-0.3, -0.25) is 4.79 Å². The zero-order chi connectivity index (χ0) is 13.0. The molecular formula is C14H14BrNO2. The first-order chi connectivity index (χ1) is 8.65. The number of benzene rings is 1. The van der Waals surface area contributed by atoms with Crippen molar-refractivity contribution in [3.8, 4) is 0 Å². The lowest BCUT2D eigenvalue weighted by Crippen LogP contribution is -2.27. The molecule has 0 spiro atoms. The molecule has 1 unspecified atom stereocenters. The van der Waals surface area contributed by atoms with E-state index in [2.05, 4.69) is 21.2 Å². The molecule has 1 atom stereocenters. The van der Waals surface area contributed by atoms with E-state index in [9.17, 15) is 4.79 Å². The third-order valence-electron chi connectivity index (χ3n) is 2.63. The number of carbonyl (C=O) groups is 1. The lowest BCUT2D eigenvalue weighted by atomic mass is 10.1. The van der Waals surface area contributed by atoms with Gasteiger partial charge in [0.2, 0.25) is 5.91 Å². The van der Waals surface area contributed by atoms with Crippen molar-refractivity contribution in [3.63, 3.8) is 0 Å². The summed E-state index contributed by atoms with van der Waals surface area (Å²) in [6.45, 7) is 1.90. The minimum atomic E-state index is -0.108. The van der Waals surface area contributed by atoms with E-state index in [4.69, 9.17) is 4.42 Å². The highest BCUT2D eigenvalue weighted by Crippen LogP contribution is 2.14. The fourth-order valence-corrected chi connectivity index (χ4v) is 1.95. The summed E-state index contributed by atoms with van der Waals surface area (Å²) in [7, 11) is 0. The summed E-state index contributed by atoms with van der Waals surface area (Å²) in [4.78, 5) is 11.8. The van der Waals surface area contributed by atoms with Crippen LogP contribution in [0.25, 0.3) is 0 Å². The Labute approximate surface area is 114 Å². The zero-order valence-corrected chi connectivity index (χ0v) is 11.6. The predicted molar refractivity (Wildman–Crippen MR) is 73.1 cm³/mol. The topological polar surface area (TPSA) is 42.2 Å². The first kappa shape index (κ1) is 12.9. The number of halogens is 1. The number of nitrogens with one attached hydrogen (secondary N) is 1. The highest BCUT2D eigenvalue weighted by Gasteiger charge is 2.11. The van der Waals surface area contributed by atoms with Crippen molar-refractivity contribution in [2.24, 2.45) is 0 Å². The molecule has 0 aliphatic carbocycles. The first-order valence-electron chi connectivity index (χ1n) is 5.72. The van der Waals surface area contributed by atoms with Gasteiger partial charge in [-0.05, 0) is 36.8 Å². The summed E-state index contributed by atoms with van der Waals surface area (Å²) in [5.41, 5.74) is 0.988. The van der Waals surface area contributed by atoms with Crippen molar-refractivity contribution in [1.82, 2.24) is 5.32 Å². The molecule has 0 saturated carbocycles. The molecule has 0 fully saturated rings. The van der Waals surface area contributed by atoms with Gasteiger partial charge in [0.05, 0.1) is 18.7 Å². The number of furan rings is 1. The Bertz CT molecular complexity index is 505. The molecule has 1 heterocycles. The van der Waals surface area contributed by atoms with Crippen LogP contribution in [0.4, 0.5) is 0 Å². The van der Waals surface area contributed by atoms with E-state index in [1.54, 1.807) is 6.26 Å². The maximum Gasteiger partial charge on any atom is 0.224 e. The van der Waals surface area contributed by atoms with Gasteiger partial charge in [0, 0.05) is 4.47 Å². The fraction of sp³-hybridized carbons (Fsp3) is 0.214. The molecule has 2 rings (SSSR count). The largest absolute Gasteiger partial charge is 0.467 e. The van der Waals surface area contributed by atoms with Crippen molar-refractivity contribution < 1.29 is 9.21 Å². The van der Waals surface area contributed by atoms with Gasteiger partial charge >= 0.3 is 0 Å². The van der Waals surface area contributed by atoms with E-state index in [0.29, 0.717) is 6.42 Å². The van der Waals surface area contributed by atoms with Crippen LogP contribution in [0.2, 0.25) is 0 Å². The summed E-state index contributed by atoms with van der Waals surface area (Å²) in [5, 5.41) is 2.90. The SMILES string of the molecule is CC(NC(=O)Cc1ccc(Br)cc1)c1ccco1. The van der Waals surface area contributed by atoms with Crippen LogP contribution in [-0.2, 0) is 11.2 Å². The monoisotopic (exact) mass is 307 g/mol. The molecule has 1 amide bonds. The van der Waals surface area contributed by atoms with Crippen molar-refractivity contribution in [3.05, 3.63) is 58.5 Å². The Morgan fingerprint density at radius 1 is 1.33 bits per heavy atom. The normalized spacial score (nSPS) is 12.1. The molecule has 1 N–H and O–H groups in total. The number of rotatable bonds is 4. The molecule has 3 nitrogen and oxygen atoms in total. The van der Waals surface area contributed by atoms with Crippen molar-refractivity contribution in [2.45, 2.75) is 19.4 Å². The lowest BCUT2D eigenvalue weighted by molar-refractivity contribution is -0.121. The smallest absolute Gasteiger partial charge is 0.224 e. The molecule has 4 heteroatoms. The van der Waals surface area contributed by atoms with Crippen LogP contribution in [0.15, 0.2) is 51.6 Å². The van der Waals surface area contributed by atoms with E-state index < -0.39 is 0 Å². The molecule has 0 radical (unpaired) electrons. The first-order valence-corrected chi connectivity index (χ1v) is 6.51. The highest BCUT2D eigenvalue weighted by atomic mass is 79.9. The van der Waals surface area contributed by atoms with E-state index >= 15 is 0 Å². The molecule has 18 heavy (non-hydrogen) atoms. The summed E-state index contributed by atoms with van der Waals surface area (Å²) in [6, 6.07) is 11.3. The summed E-state index contributed by atoms with van der Waals surface area (Å²) in [5.74, 6) is 0.750. The van der Waals surface area contributed by atoms with Crippen LogP contribution < -0.4 is 5.32 Å². The van der Waals surface area contributed by atoms with E-state index in [0.717, 1.165) is 15.8 Å². The predicted octanol–water partition coefficient (Wildman–Crippen LogP) is 3.46. The van der Waals surface area contributed by atoms with Crippen molar-refractivity contribution in [2.75, 3.05) is 0 Å². The van der Waals surface area contributed by atoms with Gasteiger partial charge < -0.3 is 9.73 Å². The molecule has 0 aliphatic rings. The van der Waals surface area contributed by atoms with Crippen molar-refractivity contribution >= 4 is 21.8 Å². The second kappa shape index (κ2) is 5.87. The fourth-order valence-electron chi connectivity index (χ4n) is 1.69. The molecule has 0 aliphatic heterocycles. The molecule has 0 bridgehead atoms. The zero-order valence-electron chi connectivity index (χ0n) is 10.0. The minimum Gasteiger partial charge on any atom is -0.467 e. The Morgan fingerprint density at radius 3 is 2.67 bits per heavy atom. The van der Waals surface area contributed by atoms with Crippen LogP contribution in [-0.4, -0.2) is 5.91 Å². The quantitative estimate of drug-likeness (QED) is 0.940. The maximum absolute atomic E-state index is 11.8. The Kier molecular flexibility index (Phi) is 4.20. The molecular weight excluding hydrogens is 294 g/mol. The van der Waals surface area contributed by atoms with Crippen LogP contribution in [0.1, 0.15) is 24.3 Å². The molecule has 1 aromatic heterocycles. The van der Waals surface area contributed by atoms with Gasteiger partial charge in [0.15, 0.2) is 0 Å². The Hall–Kier alpha value is -1.55. The van der Waals surface area contributed by atoms with Gasteiger partial charge in [0.1, 0.15) is 5.76 Å². The van der Waals surface area contributed by atoms with Crippen LogP contribution in [0.3, 0.4) is 0 Å². The van der Waals surface area contributed by atoms with Crippen molar-refractivity contribution in [1.29, 1.82) is 0 Å². The third kappa shape index (κ3) is 3.47. The average molecular weight is 308 g/mol. The average Bonchev–Trinajstić information content (AvgIpc) is 2.85. The minimum absolute atomic E-state index is 0.0128. The molecule has 94 valence electrons. The van der Waals surface area contributed by atoms with Crippen LogP contribution in [0, 0.1) is 0 Å². The second-order valence-corrected chi connectivity index (χ2v) is 5.02. The highest BCUT2D eigenvalue weighted by molar-refractivity contribution is 9.10.